The van der Waals surface area contributed by atoms with Crippen LogP contribution in [0.1, 0.15) is 26.3 Å². The summed E-state index contributed by atoms with van der Waals surface area (Å²) in [7, 11) is 0. The first kappa shape index (κ1) is 17.8. The van der Waals surface area contributed by atoms with E-state index in [2.05, 4.69) is 5.32 Å². The molecule has 0 spiro atoms. The van der Waals surface area contributed by atoms with Gasteiger partial charge in [-0.1, -0.05) is 42.5 Å². The van der Waals surface area contributed by atoms with Crippen LogP contribution >= 0.6 is 0 Å². The maximum atomic E-state index is 11.7. The molecule has 1 atom stereocenters. The molecule has 2 rings (SSSR count). The van der Waals surface area contributed by atoms with E-state index in [1.54, 1.807) is 20.8 Å². The highest BCUT2D eigenvalue weighted by molar-refractivity contribution is 5.86. The smallest absolute Gasteiger partial charge is 0.407 e. The summed E-state index contributed by atoms with van der Waals surface area (Å²) in [5, 5.41) is 14.1. The summed E-state index contributed by atoms with van der Waals surface area (Å²) in [5.74, 6) is -1.66. The number of hydrogen-bond donors (Lipinski definition) is 2. The number of carboxylic acid groups (broad SMARTS) is 1. The zero-order valence-electron chi connectivity index (χ0n) is 14.2. The Morgan fingerprint density at radius 2 is 1.79 bits per heavy atom. The van der Waals surface area contributed by atoms with Crippen molar-refractivity contribution >= 4 is 22.8 Å². The maximum Gasteiger partial charge on any atom is 0.407 e. The van der Waals surface area contributed by atoms with Crippen LogP contribution in [0.15, 0.2) is 42.5 Å². The van der Waals surface area contributed by atoms with Crippen LogP contribution in [0.2, 0.25) is 0 Å². The summed E-state index contributed by atoms with van der Waals surface area (Å²) in [6.45, 7) is 5.31. The fraction of sp³-hybridized carbons (Fsp3) is 0.368. The second-order valence-electron chi connectivity index (χ2n) is 6.76. The Labute approximate surface area is 141 Å². The molecule has 0 unspecified atom stereocenters. The average Bonchev–Trinajstić information content (AvgIpc) is 2.49. The number of carbonyl (C=O) groups excluding carboxylic acids is 1. The van der Waals surface area contributed by atoms with Crippen LogP contribution < -0.4 is 5.32 Å². The first-order valence-corrected chi connectivity index (χ1v) is 7.92. The molecule has 0 aliphatic rings. The molecule has 0 fully saturated rings. The Morgan fingerprint density at radius 3 is 2.46 bits per heavy atom. The molecular formula is C19H23NO4. The van der Waals surface area contributed by atoms with Crippen molar-refractivity contribution in [1.82, 2.24) is 5.32 Å². The lowest BCUT2D eigenvalue weighted by Crippen LogP contribution is -2.37. The van der Waals surface area contributed by atoms with Crippen molar-refractivity contribution in [3.05, 3.63) is 48.0 Å². The van der Waals surface area contributed by atoms with Crippen LogP contribution in [0.4, 0.5) is 4.79 Å². The second-order valence-corrected chi connectivity index (χ2v) is 6.76. The van der Waals surface area contributed by atoms with E-state index < -0.39 is 23.6 Å². The van der Waals surface area contributed by atoms with E-state index in [9.17, 15) is 14.7 Å². The first-order chi connectivity index (χ1) is 11.3. The van der Waals surface area contributed by atoms with Crippen molar-refractivity contribution < 1.29 is 19.4 Å². The Bertz CT molecular complexity index is 728. The Kier molecular flexibility index (Phi) is 5.44. The van der Waals surface area contributed by atoms with Crippen LogP contribution in [0.3, 0.4) is 0 Å². The van der Waals surface area contributed by atoms with Gasteiger partial charge in [-0.05, 0) is 43.5 Å². The summed E-state index contributed by atoms with van der Waals surface area (Å²) in [4.78, 5) is 23.3. The summed E-state index contributed by atoms with van der Waals surface area (Å²) in [6.07, 6.45) is -0.265. The van der Waals surface area contributed by atoms with E-state index in [-0.39, 0.29) is 6.54 Å². The van der Waals surface area contributed by atoms with E-state index in [1.807, 2.05) is 42.5 Å². The number of rotatable bonds is 5. The number of aliphatic carboxylic acids is 1. The average molecular weight is 329 g/mol. The predicted molar refractivity (Wildman–Crippen MR) is 93.0 cm³/mol. The normalized spacial score (nSPS) is 12.6. The van der Waals surface area contributed by atoms with Gasteiger partial charge in [0.1, 0.15) is 5.60 Å². The summed E-state index contributed by atoms with van der Waals surface area (Å²) in [6, 6.07) is 13.7. The third-order valence-corrected chi connectivity index (χ3v) is 3.59. The van der Waals surface area contributed by atoms with Gasteiger partial charge in [0.2, 0.25) is 0 Å². The lowest BCUT2D eigenvalue weighted by atomic mass is 9.95. The zero-order valence-corrected chi connectivity index (χ0v) is 14.2. The van der Waals surface area contributed by atoms with Crippen molar-refractivity contribution in [2.45, 2.75) is 32.8 Å². The van der Waals surface area contributed by atoms with Crippen molar-refractivity contribution in [1.29, 1.82) is 0 Å². The monoisotopic (exact) mass is 329 g/mol. The highest BCUT2D eigenvalue weighted by Gasteiger charge is 2.22. The van der Waals surface area contributed by atoms with Gasteiger partial charge in [-0.15, -0.1) is 0 Å². The molecule has 0 aliphatic heterocycles. The quantitative estimate of drug-likeness (QED) is 0.878. The molecule has 0 bridgehead atoms. The minimum Gasteiger partial charge on any atom is -0.481 e. The zero-order chi connectivity index (χ0) is 17.7. The topological polar surface area (TPSA) is 75.6 Å². The van der Waals surface area contributed by atoms with Crippen LogP contribution in [-0.4, -0.2) is 29.3 Å². The van der Waals surface area contributed by atoms with Gasteiger partial charge in [-0.2, -0.15) is 0 Å². The molecule has 0 saturated heterocycles. The van der Waals surface area contributed by atoms with E-state index in [1.165, 1.54) is 0 Å². The number of ether oxygens (including phenoxy) is 1. The molecule has 0 saturated carbocycles. The highest BCUT2D eigenvalue weighted by atomic mass is 16.6. The van der Waals surface area contributed by atoms with Gasteiger partial charge in [-0.25, -0.2) is 4.79 Å². The number of amides is 1. The third kappa shape index (κ3) is 4.98. The number of fused-ring (bicyclic) bond motifs is 1. The second kappa shape index (κ2) is 7.34. The molecule has 2 aromatic carbocycles. The summed E-state index contributed by atoms with van der Waals surface area (Å²) >= 11 is 0. The maximum absolute atomic E-state index is 11.7. The molecule has 1 amide bonds. The lowest BCUT2D eigenvalue weighted by molar-refractivity contribution is -0.141. The number of alkyl carbamates (subject to hydrolysis) is 1. The minimum absolute atomic E-state index is 0.0213. The predicted octanol–water partition coefficient (Wildman–Crippen LogP) is 3.61. The van der Waals surface area contributed by atoms with Gasteiger partial charge < -0.3 is 15.2 Å². The third-order valence-electron chi connectivity index (χ3n) is 3.59. The van der Waals surface area contributed by atoms with Gasteiger partial charge in [-0.3, -0.25) is 4.79 Å². The van der Waals surface area contributed by atoms with Gasteiger partial charge in [0.15, 0.2) is 0 Å². The Hall–Kier alpha value is -2.56. The van der Waals surface area contributed by atoms with E-state index in [0.717, 1.165) is 16.3 Å². The molecule has 2 aromatic rings. The SMILES string of the molecule is CC(C)(C)OC(=O)NC[C@@H](Cc1cccc2ccccc12)C(=O)O. The number of benzene rings is 2. The number of carbonyl (C=O) groups is 2. The molecule has 2 N–H and O–H groups in total. The van der Waals surface area contributed by atoms with Crippen molar-refractivity contribution in [2.75, 3.05) is 6.54 Å². The number of hydrogen-bond acceptors (Lipinski definition) is 3. The van der Waals surface area contributed by atoms with Gasteiger partial charge in [0.25, 0.3) is 0 Å². The molecule has 0 aromatic heterocycles. The van der Waals surface area contributed by atoms with Crippen molar-refractivity contribution in [3.63, 3.8) is 0 Å². The van der Waals surface area contributed by atoms with E-state index >= 15 is 0 Å². The van der Waals surface area contributed by atoms with Crippen LogP contribution in [0.5, 0.6) is 0 Å². The molecule has 5 heteroatoms. The van der Waals surface area contributed by atoms with E-state index in [4.69, 9.17) is 4.74 Å². The molecule has 0 radical (unpaired) electrons. The molecule has 0 aliphatic carbocycles. The molecular weight excluding hydrogens is 306 g/mol. The van der Waals surface area contributed by atoms with Crippen molar-refractivity contribution in [2.24, 2.45) is 5.92 Å². The summed E-state index contributed by atoms with van der Waals surface area (Å²) < 4.78 is 5.15. The van der Waals surface area contributed by atoms with Gasteiger partial charge in [0, 0.05) is 6.54 Å². The number of nitrogens with one attached hydrogen (secondary N) is 1. The molecule has 24 heavy (non-hydrogen) atoms. The summed E-state index contributed by atoms with van der Waals surface area (Å²) in [5.41, 5.74) is 0.338. The largest absolute Gasteiger partial charge is 0.481 e. The minimum atomic E-state index is -0.945. The lowest BCUT2D eigenvalue weighted by Gasteiger charge is -2.21. The van der Waals surface area contributed by atoms with Crippen LogP contribution in [0, 0.1) is 5.92 Å². The standard InChI is InChI=1S/C19H23NO4/c1-19(2,3)24-18(23)20-12-15(17(21)22)11-14-9-6-8-13-7-4-5-10-16(13)14/h4-10,15H,11-12H2,1-3H3,(H,20,23)(H,21,22)/t15-/m1/s1. The Balaban J connectivity index is 2.08. The van der Waals surface area contributed by atoms with E-state index in [0.29, 0.717) is 6.42 Å². The molecule has 128 valence electrons. The fourth-order valence-corrected chi connectivity index (χ4v) is 2.50. The first-order valence-electron chi connectivity index (χ1n) is 7.92. The molecule has 5 nitrogen and oxygen atoms in total. The van der Waals surface area contributed by atoms with Crippen LogP contribution in [0.25, 0.3) is 10.8 Å². The fourth-order valence-electron chi connectivity index (χ4n) is 2.50. The highest BCUT2D eigenvalue weighted by Crippen LogP contribution is 2.21. The van der Waals surface area contributed by atoms with Crippen LogP contribution in [-0.2, 0) is 16.0 Å². The number of carboxylic acids is 1. The molecule has 0 heterocycles. The Morgan fingerprint density at radius 1 is 1.12 bits per heavy atom. The van der Waals surface area contributed by atoms with Gasteiger partial charge in [0.05, 0.1) is 5.92 Å². The van der Waals surface area contributed by atoms with Gasteiger partial charge >= 0.3 is 12.1 Å². The van der Waals surface area contributed by atoms with Crippen molar-refractivity contribution in [3.8, 4) is 0 Å².